The molecule has 1 aromatic carbocycles. The van der Waals surface area contributed by atoms with Crippen molar-refractivity contribution in [2.24, 2.45) is 5.92 Å². The van der Waals surface area contributed by atoms with Crippen molar-refractivity contribution in [2.45, 2.75) is 31.9 Å². The summed E-state index contributed by atoms with van der Waals surface area (Å²) >= 11 is 0. The average Bonchev–Trinajstić information content (AvgIpc) is 2.95. The SMILES string of the molecule is CC(C)C(=O)CCc1ccc(-c2nnc(S(C)(=O)=O)o2)cc1. The van der Waals surface area contributed by atoms with Gasteiger partial charge in [-0.3, -0.25) is 4.79 Å². The molecule has 0 saturated carbocycles. The highest BCUT2D eigenvalue weighted by Crippen LogP contribution is 2.20. The molecular weight excluding hydrogens is 304 g/mol. The number of aryl methyl sites for hydroxylation is 1. The molecule has 0 unspecified atom stereocenters. The van der Waals surface area contributed by atoms with Gasteiger partial charge in [0, 0.05) is 24.2 Å². The van der Waals surface area contributed by atoms with Gasteiger partial charge in [0.2, 0.25) is 15.7 Å². The van der Waals surface area contributed by atoms with Crippen molar-refractivity contribution in [2.75, 3.05) is 6.26 Å². The maximum atomic E-state index is 11.6. The molecule has 22 heavy (non-hydrogen) atoms. The minimum Gasteiger partial charge on any atom is -0.408 e. The zero-order valence-corrected chi connectivity index (χ0v) is 13.6. The van der Waals surface area contributed by atoms with Crippen LogP contribution in [0.25, 0.3) is 11.5 Å². The molecule has 7 heteroatoms. The first-order valence-corrected chi connectivity index (χ1v) is 8.82. The van der Waals surface area contributed by atoms with Crippen molar-refractivity contribution in [1.29, 1.82) is 0 Å². The normalized spacial score (nSPS) is 11.8. The molecule has 6 nitrogen and oxygen atoms in total. The van der Waals surface area contributed by atoms with Gasteiger partial charge >= 0.3 is 5.22 Å². The van der Waals surface area contributed by atoms with Crippen molar-refractivity contribution in [3.05, 3.63) is 29.8 Å². The number of hydrogen-bond acceptors (Lipinski definition) is 6. The molecule has 0 bridgehead atoms. The Kier molecular flexibility index (Phi) is 4.75. The highest BCUT2D eigenvalue weighted by atomic mass is 32.2. The van der Waals surface area contributed by atoms with E-state index in [0.29, 0.717) is 18.4 Å². The van der Waals surface area contributed by atoms with E-state index in [1.165, 1.54) is 0 Å². The largest absolute Gasteiger partial charge is 0.408 e. The predicted molar refractivity (Wildman–Crippen MR) is 81.0 cm³/mol. The molecule has 0 aliphatic heterocycles. The number of hydrogen-bond donors (Lipinski definition) is 0. The molecule has 0 N–H and O–H groups in total. The number of Topliss-reactive ketones (excluding diaryl/α,β-unsaturated/α-hetero) is 1. The lowest BCUT2D eigenvalue weighted by Gasteiger charge is -2.04. The molecule has 0 amide bonds. The van der Waals surface area contributed by atoms with Crippen LogP contribution in [0.1, 0.15) is 25.8 Å². The van der Waals surface area contributed by atoms with Gasteiger partial charge in [-0.05, 0) is 24.1 Å². The number of carbonyl (C=O) groups is 1. The first-order valence-electron chi connectivity index (χ1n) is 6.93. The van der Waals surface area contributed by atoms with E-state index in [-0.39, 0.29) is 17.6 Å². The first-order chi connectivity index (χ1) is 10.3. The summed E-state index contributed by atoms with van der Waals surface area (Å²) in [5, 5.41) is 6.85. The second-order valence-corrected chi connectivity index (χ2v) is 7.36. The van der Waals surface area contributed by atoms with Crippen molar-refractivity contribution in [1.82, 2.24) is 10.2 Å². The predicted octanol–water partition coefficient (Wildman–Crippen LogP) is 2.30. The van der Waals surface area contributed by atoms with Crippen LogP contribution in [0, 0.1) is 5.92 Å². The number of sulfone groups is 1. The second-order valence-electron chi connectivity index (χ2n) is 5.46. The van der Waals surface area contributed by atoms with E-state index in [1.807, 2.05) is 26.0 Å². The van der Waals surface area contributed by atoms with Crippen LogP contribution < -0.4 is 0 Å². The molecule has 1 aromatic heterocycles. The summed E-state index contributed by atoms with van der Waals surface area (Å²) in [5.41, 5.74) is 1.67. The van der Waals surface area contributed by atoms with Gasteiger partial charge in [0.25, 0.3) is 0 Å². The molecule has 0 saturated heterocycles. The Labute approximate surface area is 129 Å². The average molecular weight is 322 g/mol. The third-order valence-electron chi connectivity index (χ3n) is 3.23. The Hall–Kier alpha value is -2.02. The fourth-order valence-electron chi connectivity index (χ4n) is 1.85. The van der Waals surface area contributed by atoms with Crippen molar-refractivity contribution < 1.29 is 17.6 Å². The zero-order chi connectivity index (χ0) is 16.3. The standard InChI is InChI=1S/C15H18N2O4S/c1-10(2)13(18)9-6-11-4-7-12(8-5-11)14-16-17-15(21-14)22(3,19)20/h4-5,7-8,10H,6,9H2,1-3H3. The van der Waals surface area contributed by atoms with Gasteiger partial charge in [-0.2, -0.15) is 0 Å². The topological polar surface area (TPSA) is 90.1 Å². The van der Waals surface area contributed by atoms with Crippen LogP contribution in [0.5, 0.6) is 0 Å². The van der Waals surface area contributed by atoms with Gasteiger partial charge in [0.15, 0.2) is 0 Å². The van der Waals surface area contributed by atoms with E-state index in [2.05, 4.69) is 10.2 Å². The lowest BCUT2D eigenvalue weighted by atomic mass is 10.0. The zero-order valence-electron chi connectivity index (χ0n) is 12.7. The number of nitrogens with zero attached hydrogens (tertiary/aromatic N) is 2. The van der Waals surface area contributed by atoms with Crippen molar-refractivity contribution in [3.63, 3.8) is 0 Å². The minimum atomic E-state index is -3.50. The number of rotatable bonds is 6. The third-order valence-corrected chi connectivity index (χ3v) is 4.03. The number of carbonyl (C=O) groups excluding carboxylic acids is 1. The highest BCUT2D eigenvalue weighted by Gasteiger charge is 2.17. The van der Waals surface area contributed by atoms with Gasteiger partial charge in [-0.1, -0.05) is 31.1 Å². The summed E-state index contributed by atoms with van der Waals surface area (Å²) in [5.74, 6) is 0.441. The molecule has 0 aliphatic rings. The molecular formula is C15H18N2O4S. The fraction of sp³-hybridized carbons (Fsp3) is 0.400. The Bertz CT molecular complexity index is 761. The Morgan fingerprint density at radius 2 is 1.82 bits per heavy atom. The van der Waals surface area contributed by atoms with E-state index in [0.717, 1.165) is 11.8 Å². The van der Waals surface area contributed by atoms with Gasteiger partial charge in [0.1, 0.15) is 5.78 Å². The second kappa shape index (κ2) is 6.39. The van der Waals surface area contributed by atoms with Gasteiger partial charge in [0.05, 0.1) is 0 Å². The van der Waals surface area contributed by atoms with E-state index in [4.69, 9.17) is 4.42 Å². The van der Waals surface area contributed by atoms with Crippen LogP contribution in [0.4, 0.5) is 0 Å². The van der Waals surface area contributed by atoms with Crippen LogP contribution in [0.15, 0.2) is 33.9 Å². The molecule has 0 fully saturated rings. The molecule has 0 aliphatic carbocycles. The fourth-order valence-corrected chi connectivity index (χ4v) is 2.27. The third kappa shape index (κ3) is 4.00. The van der Waals surface area contributed by atoms with Gasteiger partial charge in [-0.25, -0.2) is 8.42 Å². The summed E-state index contributed by atoms with van der Waals surface area (Å²) in [7, 11) is -3.50. The lowest BCUT2D eigenvalue weighted by molar-refractivity contribution is -0.121. The summed E-state index contributed by atoms with van der Waals surface area (Å²) in [6.45, 7) is 3.78. The van der Waals surface area contributed by atoms with Crippen LogP contribution in [0.3, 0.4) is 0 Å². The molecule has 0 spiro atoms. The number of aromatic nitrogens is 2. The van der Waals surface area contributed by atoms with Crippen molar-refractivity contribution in [3.8, 4) is 11.5 Å². The van der Waals surface area contributed by atoms with Crippen LogP contribution in [0.2, 0.25) is 0 Å². The smallest absolute Gasteiger partial charge is 0.335 e. The van der Waals surface area contributed by atoms with Crippen LogP contribution in [-0.2, 0) is 21.1 Å². The molecule has 1 heterocycles. The van der Waals surface area contributed by atoms with Gasteiger partial charge in [-0.15, -0.1) is 5.10 Å². The lowest BCUT2D eigenvalue weighted by Crippen LogP contribution is -2.07. The summed E-state index contributed by atoms with van der Waals surface area (Å²) in [6.07, 6.45) is 2.20. The van der Waals surface area contributed by atoms with Crippen molar-refractivity contribution >= 4 is 15.6 Å². The molecule has 2 rings (SSSR count). The van der Waals surface area contributed by atoms with Gasteiger partial charge < -0.3 is 4.42 Å². The number of benzene rings is 1. The van der Waals surface area contributed by atoms with E-state index >= 15 is 0 Å². The monoisotopic (exact) mass is 322 g/mol. The minimum absolute atomic E-state index is 0.0482. The maximum Gasteiger partial charge on any atom is 0.335 e. The Balaban J connectivity index is 2.09. The van der Waals surface area contributed by atoms with Crippen LogP contribution >= 0.6 is 0 Å². The van der Waals surface area contributed by atoms with E-state index in [1.54, 1.807) is 12.1 Å². The summed E-state index contributed by atoms with van der Waals surface area (Å²) in [4.78, 5) is 11.6. The molecule has 0 radical (unpaired) electrons. The Morgan fingerprint density at radius 3 is 2.32 bits per heavy atom. The highest BCUT2D eigenvalue weighted by molar-refractivity contribution is 7.90. The summed E-state index contributed by atoms with van der Waals surface area (Å²) in [6, 6.07) is 7.28. The molecule has 0 atom stereocenters. The molecule has 118 valence electrons. The van der Waals surface area contributed by atoms with E-state index < -0.39 is 15.1 Å². The van der Waals surface area contributed by atoms with E-state index in [9.17, 15) is 13.2 Å². The van der Waals surface area contributed by atoms with Crippen LogP contribution in [-0.4, -0.2) is 30.7 Å². The molecule has 2 aromatic rings. The first kappa shape index (κ1) is 16.4. The number of ketones is 1. The quantitative estimate of drug-likeness (QED) is 0.810. The Morgan fingerprint density at radius 1 is 1.18 bits per heavy atom. The summed E-state index contributed by atoms with van der Waals surface area (Å²) < 4.78 is 27.8. The maximum absolute atomic E-state index is 11.6.